The maximum Gasteiger partial charge on any atom is 0.256 e. The van der Waals surface area contributed by atoms with E-state index in [9.17, 15) is 4.79 Å². The van der Waals surface area contributed by atoms with Crippen molar-refractivity contribution < 1.29 is 14.3 Å². The zero-order valence-corrected chi connectivity index (χ0v) is 12.4. The van der Waals surface area contributed by atoms with E-state index in [0.717, 1.165) is 12.0 Å². The molecule has 2 rings (SSSR count). The van der Waals surface area contributed by atoms with Gasteiger partial charge < -0.3 is 14.8 Å². The number of aromatic amines is 1. The van der Waals surface area contributed by atoms with Gasteiger partial charge in [-0.3, -0.25) is 9.89 Å². The third kappa shape index (κ3) is 3.34. The van der Waals surface area contributed by atoms with Crippen molar-refractivity contribution in [3.8, 4) is 11.5 Å². The van der Waals surface area contributed by atoms with E-state index in [1.54, 1.807) is 31.5 Å². The zero-order chi connectivity index (χ0) is 15.2. The Labute approximate surface area is 123 Å². The Morgan fingerprint density at radius 2 is 2.14 bits per heavy atom. The quantitative estimate of drug-likeness (QED) is 0.857. The fourth-order valence-electron chi connectivity index (χ4n) is 1.96. The summed E-state index contributed by atoms with van der Waals surface area (Å²) in [5.74, 6) is 1.54. The van der Waals surface area contributed by atoms with E-state index >= 15 is 0 Å². The van der Waals surface area contributed by atoms with Gasteiger partial charge in [-0.15, -0.1) is 0 Å². The minimum Gasteiger partial charge on any atom is -0.493 e. The number of aryl methyl sites for hydroxylation is 1. The van der Waals surface area contributed by atoms with Crippen LogP contribution in [0.2, 0.25) is 0 Å². The standard InChI is InChI=1S/C15H19N3O3/c1-4-10-9-16-18-14(10)17-15(19)11-6-7-12(21-5-2)13(8-11)20-3/h6-9H,4-5H2,1-3H3,(H2,16,17,18,19). The Morgan fingerprint density at radius 1 is 1.33 bits per heavy atom. The monoisotopic (exact) mass is 289 g/mol. The number of H-pyrrole nitrogens is 1. The first-order chi connectivity index (χ1) is 10.2. The number of rotatable bonds is 6. The van der Waals surface area contributed by atoms with Crippen LogP contribution in [-0.2, 0) is 6.42 Å². The van der Waals surface area contributed by atoms with Gasteiger partial charge in [0.2, 0.25) is 0 Å². The van der Waals surface area contributed by atoms with Crippen molar-refractivity contribution in [3.63, 3.8) is 0 Å². The van der Waals surface area contributed by atoms with Crippen LogP contribution < -0.4 is 14.8 Å². The van der Waals surface area contributed by atoms with Crippen LogP contribution in [0.1, 0.15) is 29.8 Å². The van der Waals surface area contributed by atoms with Gasteiger partial charge in [0.1, 0.15) is 5.82 Å². The van der Waals surface area contributed by atoms with Crippen LogP contribution in [0.25, 0.3) is 0 Å². The number of aromatic nitrogens is 2. The summed E-state index contributed by atoms with van der Waals surface area (Å²) in [6.07, 6.45) is 2.49. The minimum atomic E-state index is -0.227. The SMILES string of the molecule is CCOc1ccc(C(=O)Nc2[nH]ncc2CC)cc1OC. The van der Waals surface area contributed by atoms with E-state index in [4.69, 9.17) is 9.47 Å². The highest BCUT2D eigenvalue weighted by Crippen LogP contribution is 2.28. The van der Waals surface area contributed by atoms with Crippen molar-refractivity contribution in [2.75, 3.05) is 19.0 Å². The number of methoxy groups -OCH3 is 1. The van der Waals surface area contributed by atoms with Crippen LogP contribution in [-0.4, -0.2) is 29.8 Å². The summed E-state index contributed by atoms with van der Waals surface area (Å²) >= 11 is 0. The number of amides is 1. The van der Waals surface area contributed by atoms with Crippen LogP contribution in [0.5, 0.6) is 11.5 Å². The highest BCUT2D eigenvalue weighted by molar-refractivity contribution is 6.04. The summed E-state index contributed by atoms with van der Waals surface area (Å²) in [6, 6.07) is 5.08. The lowest BCUT2D eigenvalue weighted by atomic mass is 10.2. The number of hydrogen-bond acceptors (Lipinski definition) is 4. The fourth-order valence-corrected chi connectivity index (χ4v) is 1.96. The number of nitrogens with one attached hydrogen (secondary N) is 2. The lowest BCUT2D eigenvalue weighted by molar-refractivity contribution is 0.102. The summed E-state index contributed by atoms with van der Waals surface area (Å²) in [5, 5.41) is 9.51. The summed E-state index contributed by atoms with van der Waals surface area (Å²) in [7, 11) is 1.55. The summed E-state index contributed by atoms with van der Waals surface area (Å²) in [6.45, 7) is 4.43. The highest BCUT2D eigenvalue weighted by Gasteiger charge is 2.13. The third-order valence-corrected chi connectivity index (χ3v) is 3.06. The molecule has 0 fully saturated rings. The number of hydrogen-bond donors (Lipinski definition) is 2. The Balaban J connectivity index is 2.19. The second kappa shape index (κ2) is 6.78. The number of nitrogens with zero attached hydrogens (tertiary/aromatic N) is 1. The average molecular weight is 289 g/mol. The molecule has 0 atom stereocenters. The molecule has 0 radical (unpaired) electrons. The van der Waals surface area contributed by atoms with Gasteiger partial charge in [0.15, 0.2) is 11.5 Å². The van der Waals surface area contributed by atoms with E-state index < -0.39 is 0 Å². The molecule has 0 saturated carbocycles. The number of anilines is 1. The number of ether oxygens (including phenoxy) is 2. The predicted octanol–water partition coefficient (Wildman–Crippen LogP) is 2.63. The Bertz CT molecular complexity index is 622. The molecule has 0 saturated heterocycles. The summed E-state index contributed by atoms with van der Waals surface area (Å²) < 4.78 is 10.7. The number of benzene rings is 1. The first kappa shape index (κ1) is 14.9. The topological polar surface area (TPSA) is 76.2 Å². The molecule has 1 aromatic carbocycles. The molecular formula is C15H19N3O3. The largest absolute Gasteiger partial charge is 0.493 e. The lowest BCUT2D eigenvalue weighted by Gasteiger charge is -2.11. The Kier molecular flexibility index (Phi) is 4.81. The molecule has 0 spiro atoms. The van der Waals surface area contributed by atoms with E-state index in [2.05, 4.69) is 15.5 Å². The average Bonchev–Trinajstić information content (AvgIpc) is 2.95. The molecule has 1 heterocycles. The van der Waals surface area contributed by atoms with Gasteiger partial charge in [-0.05, 0) is 31.5 Å². The zero-order valence-electron chi connectivity index (χ0n) is 12.4. The smallest absolute Gasteiger partial charge is 0.256 e. The van der Waals surface area contributed by atoms with Crippen LogP contribution in [0.15, 0.2) is 24.4 Å². The van der Waals surface area contributed by atoms with Crippen LogP contribution >= 0.6 is 0 Å². The van der Waals surface area contributed by atoms with Gasteiger partial charge in [-0.2, -0.15) is 5.10 Å². The second-order valence-electron chi connectivity index (χ2n) is 4.38. The molecule has 2 N–H and O–H groups in total. The van der Waals surface area contributed by atoms with Crippen molar-refractivity contribution in [2.45, 2.75) is 20.3 Å². The lowest BCUT2D eigenvalue weighted by Crippen LogP contribution is -2.13. The van der Waals surface area contributed by atoms with E-state index in [1.807, 2.05) is 13.8 Å². The molecule has 0 bridgehead atoms. The molecule has 0 unspecified atom stereocenters. The Hall–Kier alpha value is -2.50. The molecule has 0 aliphatic carbocycles. The number of carbonyl (C=O) groups is 1. The van der Waals surface area contributed by atoms with Crippen LogP contribution in [0.4, 0.5) is 5.82 Å². The van der Waals surface area contributed by atoms with E-state index in [-0.39, 0.29) is 5.91 Å². The van der Waals surface area contributed by atoms with Crippen LogP contribution in [0, 0.1) is 0 Å². The van der Waals surface area contributed by atoms with Crippen molar-refractivity contribution in [2.24, 2.45) is 0 Å². The van der Waals surface area contributed by atoms with E-state index in [1.165, 1.54) is 0 Å². The molecule has 0 aliphatic heterocycles. The normalized spacial score (nSPS) is 10.2. The van der Waals surface area contributed by atoms with Crippen molar-refractivity contribution in [3.05, 3.63) is 35.5 Å². The van der Waals surface area contributed by atoms with Crippen LogP contribution in [0.3, 0.4) is 0 Å². The first-order valence-electron chi connectivity index (χ1n) is 6.84. The molecular weight excluding hydrogens is 270 g/mol. The minimum absolute atomic E-state index is 0.227. The van der Waals surface area contributed by atoms with Gasteiger partial charge >= 0.3 is 0 Å². The predicted molar refractivity (Wildman–Crippen MR) is 80.1 cm³/mol. The van der Waals surface area contributed by atoms with Gasteiger partial charge in [-0.1, -0.05) is 6.92 Å². The second-order valence-corrected chi connectivity index (χ2v) is 4.38. The van der Waals surface area contributed by atoms with Gasteiger partial charge in [-0.25, -0.2) is 0 Å². The van der Waals surface area contributed by atoms with Gasteiger partial charge in [0, 0.05) is 11.1 Å². The first-order valence-corrected chi connectivity index (χ1v) is 6.84. The molecule has 6 nitrogen and oxygen atoms in total. The molecule has 112 valence electrons. The van der Waals surface area contributed by atoms with Gasteiger partial charge in [0.05, 0.1) is 19.9 Å². The molecule has 1 aromatic heterocycles. The maximum absolute atomic E-state index is 12.3. The van der Waals surface area contributed by atoms with Gasteiger partial charge in [0.25, 0.3) is 5.91 Å². The Morgan fingerprint density at radius 3 is 2.81 bits per heavy atom. The molecule has 6 heteroatoms. The molecule has 1 amide bonds. The third-order valence-electron chi connectivity index (χ3n) is 3.06. The molecule has 21 heavy (non-hydrogen) atoms. The summed E-state index contributed by atoms with van der Waals surface area (Å²) in [4.78, 5) is 12.3. The number of carbonyl (C=O) groups excluding carboxylic acids is 1. The van der Waals surface area contributed by atoms with Crippen molar-refractivity contribution in [1.29, 1.82) is 0 Å². The molecule has 0 aliphatic rings. The fraction of sp³-hybridized carbons (Fsp3) is 0.333. The van der Waals surface area contributed by atoms with Crippen molar-refractivity contribution >= 4 is 11.7 Å². The van der Waals surface area contributed by atoms with Crippen molar-refractivity contribution in [1.82, 2.24) is 10.2 Å². The summed E-state index contributed by atoms with van der Waals surface area (Å²) in [5.41, 5.74) is 1.45. The maximum atomic E-state index is 12.3. The van der Waals surface area contributed by atoms with E-state index in [0.29, 0.717) is 29.5 Å². The highest BCUT2D eigenvalue weighted by atomic mass is 16.5. The molecule has 2 aromatic rings.